The molecule has 15 nitrogen and oxygen atoms in total. The number of hydrogen-bond donors (Lipinski definition) is 3. The summed E-state index contributed by atoms with van der Waals surface area (Å²) in [5.41, 5.74) is 7.42. The topological polar surface area (TPSA) is 177 Å². The fourth-order valence-electron chi connectivity index (χ4n) is 5.69. The smallest absolute Gasteiger partial charge is 0.407 e. The van der Waals surface area contributed by atoms with Gasteiger partial charge >= 0.3 is 12.2 Å². The summed E-state index contributed by atoms with van der Waals surface area (Å²) in [6.45, 7) is 12.0. The second kappa shape index (κ2) is 14.8. The van der Waals surface area contributed by atoms with Crippen LogP contribution in [0.5, 0.6) is 0 Å². The monoisotopic (exact) mass is 654 g/mol. The zero-order chi connectivity index (χ0) is 33.6. The van der Waals surface area contributed by atoms with Gasteiger partial charge in [0.2, 0.25) is 0 Å². The minimum Gasteiger partial charge on any atom is -0.445 e. The number of imidazole rings is 1. The van der Waals surface area contributed by atoms with E-state index < -0.39 is 35.9 Å². The second-order valence-corrected chi connectivity index (χ2v) is 13.1. The summed E-state index contributed by atoms with van der Waals surface area (Å²) in [4.78, 5) is 39.6. The third-order valence-corrected chi connectivity index (χ3v) is 7.70. The van der Waals surface area contributed by atoms with E-state index in [1.165, 1.54) is 6.33 Å². The van der Waals surface area contributed by atoms with Crippen LogP contribution in [-0.2, 0) is 30.3 Å². The lowest BCUT2D eigenvalue weighted by atomic mass is 10.1. The van der Waals surface area contributed by atoms with Crippen molar-refractivity contribution in [2.24, 2.45) is 0 Å². The lowest BCUT2D eigenvalue weighted by Crippen LogP contribution is -2.43. The van der Waals surface area contributed by atoms with E-state index in [1.54, 1.807) is 6.33 Å². The standard InChI is InChI=1S/C32H46N8O7/c1-31(2,3)47-30(42)34-13-9-10-15-39(16-14-35-29(41)43-18-21-11-7-6-8-12-21)17-22-24-25(46-32(4,5)45-24)28(44-22)40-20-38-23-26(33)36-19-37-27(23)40/h6-8,11-12,19-20,22,24-25,28H,9-10,13-18H2,1-5H3,(H,34,42)(H,35,41)(H2,33,36,37)/t22-,24-,25-,28?/m1/s1. The molecule has 2 aromatic heterocycles. The molecule has 256 valence electrons. The summed E-state index contributed by atoms with van der Waals surface area (Å²) in [5.74, 6) is -0.534. The van der Waals surface area contributed by atoms with Crippen molar-refractivity contribution in [1.82, 2.24) is 35.1 Å². The molecule has 0 spiro atoms. The van der Waals surface area contributed by atoms with Gasteiger partial charge in [-0.15, -0.1) is 0 Å². The Morgan fingerprint density at radius 2 is 1.74 bits per heavy atom. The van der Waals surface area contributed by atoms with Crippen LogP contribution in [0.4, 0.5) is 15.4 Å². The number of nitrogens with one attached hydrogen (secondary N) is 2. The van der Waals surface area contributed by atoms with Gasteiger partial charge in [-0.25, -0.2) is 24.5 Å². The third kappa shape index (κ3) is 9.28. The molecule has 0 bridgehead atoms. The summed E-state index contributed by atoms with van der Waals surface area (Å²) >= 11 is 0. The Balaban J connectivity index is 1.22. The normalized spacial score (nSPS) is 21.9. The number of ether oxygens (including phenoxy) is 5. The molecule has 4 N–H and O–H groups in total. The molecule has 3 aromatic rings. The van der Waals surface area contributed by atoms with Gasteiger partial charge in [0.1, 0.15) is 42.4 Å². The molecule has 0 aliphatic carbocycles. The molecule has 5 rings (SSSR count). The Bertz CT molecular complexity index is 1500. The first-order valence-corrected chi connectivity index (χ1v) is 16.0. The van der Waals surface area contributed by atoms with E-state index in [-0.39, 0.29) is 24.6 Å². The quantitative estimate of drug-likeness (QED) is 0.229. The molecule has 15 heteroatoms. The molecule has 1 unspecified atom stereocenters. The highest BCUT2D eigenvalue weighted by Gasteiger charge is 2.56. The highest BCUT2D eigenvalue weighted by Crippen LogP contribution is 2.44. The number of aromatic nitrogens is 4. The number of amides is 2. The first-order valence-electron chi connectivity index (χ1n) is 16.0. The predicted molar refractivity (Wildman–Crippen MR) is 172 cm³/mol. The molecular weight excluding hydrogens is 608 g/mol. The van der Waals surface area contributed by atoms with Gasteiger partial charge in [-0.05, 0) is 59.6 Å². The van der Waals surface area contributed by atoms with Crippen molar-refractivity contribution in [2.75, 3.05) is 38.5 Å². The number of nitrogen functional groups attached to an aromatic ring is 1. The number of alkyl carbamates (subject to hydrolysis) is 2. The van der Waals surface area contributed by atoms with Gasteiger partial charge in [-0.2, -0.15) is 0 Å². The zero-order valence-corrected chi connectivity index (χ0v) is 27.7. The number of anilines is 1. The molecule has 2 aliphatic heterocycles. The molecular formula is C32H46N8O7. The van der Waals surface area contributed by atoms with Crippen molar-refractivity contribution in [2.45, 2.75) is 90.0 Å². The minimum absolute atomic E-state index is 0.189. The van der Waals surface area contributed by atoms with Crippen LogP contribution in [0.25, 0.3) is 11.2 Å². The number of benzene rings is 1. The van der Waals surface area contributed by atoms with Gasteiger partial charge in [-0.1, -0.05) is 30.3 Å². The Labute approximate surface area is 274 Å². The molecule has 2 fully saturated rings. The molecule has 0 saturated carbocycles. The zero-order valence-electron chi connectivity index (χ0n) is 27.7. The molecule has 1 aromatic carbocycles. The lowest BCUT2D eigenvalue weighted by molar-refractivity contribution is -0.198. The van der Waals surface area contributed by atoms with Gasteiger partial charge in [-0.3, -0.25) is 9.47 Å². The molecule has 4 atom stereocenters. The number of fused-ring (bicyclic) bond motifs is 2. The molecule has 47 heavy (non-hydrogen) atoms. The summed E-state index contributed by atoms with van der Waals surface area (Å²) in [7, 11) is 0. The van der Waals surface area contributed by atoms with Crippen LogP contribution in [0.3, 0.4) is 0 Å². The van der Waals surface area contributed by atoms with Crippen molar-refractivity contribution in [3.05, 3.63) is 48.5 Å². The van der Waals surface area contributed by atoms with E-state index in [4.69, 9.17) is 29.4 Å². The number of nitrogens with zero attached hydrogens (tertiary/aromatic N) is 5. The highest BCUT2D eigenvalue weighted by atomic mass is 16.8. The van der Waals surface area contributed by atoms with Crippen LogP contribution in [0, 0.1) is 0 Å². The van der Waals surface area contributed by atoms with E-state index in [2.05, 4.69) is 30.5 Å². The molecule has 2 aliphatic rings. The van der Waals surface area contributed by atoms with E-state index >= 15 is 0 Å². The molecule has 0 radical (unpaired) electrons. The predicted octanol–water partition coefficient (Wildman–Crippen LogP) is 3.36. The van der Waals surface area contributed by atoms with Crippen LogP contribution in [-0.4, -0.2) is 99.0 Å². The van der Waals surface area contributed by atoms with Crippen LogP contribution in [0.1, 0.15) is 59.3 Å². The molecule has 2 saturated heterocycles. The van der Waals surface area contributed by atoms with Gasteiger partial charge in [0.15, 0.2) is 23.5 Å². The van der Waals surface area contributed by atoms with Crippen molar-refractivity contribution < 1.29 is 33.3 Å². The van der Waals surface area contributed by atoms with Gasteiger partial charge in [0.25, 0.3) is 0 Å². The average molecular weight is 655 g/mol. The minimum atomic E-state index is -0.817. The lowest BCUT2D eigenvalue weighted by Gasteiger charge is -2.29. The van der Waals surface area contributed by atoms with Gasteiger partial charge < -0.3 is 40.1 Å². The summed E-state index contributed by atoms with van der Waals surface area (Å²) in [6, 6.07) is 9.52. The molecule has 2 amide bonds. The third-order valence-electron chi connectivity index (χ3n) is 7.70. The average Bonchev–Trinajstić information content (AvgIpc) is 3.67. The Morgan fingerprint density at radius 3 is 2.51 bits per heavy atom. The van der Waals surface area contributed by atoms with Crippen molar-refractivity contribution in [3.8, 4) is 0 Å². The number of unbranched alkanes of at least 4 members (excludes halogenated alkanes) is 1. The number of carbonyl (C=O) groups is 2. The largest absolute Gasteiger partial charge is 0.445 e. The second-order valence-electron chi connectivity index (χ2n) is 13.1. The first-order chi connectivity index (χ1) is 22.4. The van der Waals surface area contributed by atoms with E-state index in [1.807, 2.05) is 69.5 Å². The van der Waals surface area contributed by atoms with Gasteiger partial charge in [0.05, 0.1) is 6.33 Å². The van der Waals surface area contributed by atoms with Crippen molar-refractivity contribution in [3.63, 3.8) is 0 Å². The van der Waals surface area contributed by atoms with E-state index in [0.717, 1.165) is 18.4 Å². The van der Waals surface area contributed by atoms with Crippen molar-refractivity contribution in [1.29, 1.82) is 0 Å². The number of hydrogen-bond acceptors (Lipinski definition) is 12. The Hall–Kier alpha value is -4.05. The first kappa shape index (κ1) is 34.3. The fourth-order valence-corrected chi connectivity index (χ4v) is 5.69. The Morgan fingerprint density at radius 1 is 1.00 bits per heavy atom. The van der Waals surface area contributed by atoms with Crippen molar-refractivity contribution >= 4 is 29.2 Å². The summed E-state index contributed by atoms with van der Waals surface area (Å²) in [5, 5.41) is 5.66. The Kier molecular flexibility index (Phi) is 10.8. The van der Waals surface area contributed by atoms with Crippen LogP contribution < -0.4 is 16.4 Å². The van der Waals surface area contributed by atoms with E-state index in [9.17, 15) is 9.59 Å². The number of rotatable bonds is 13. The van der Waals surface area contributed by atoms with Crippen LogP contribution in [0.15, 0.2) is 43.0 Å². The summed E-state index contributed by atoms with van der Waals surface area (Å²) < 4.78 is 31.8. The maximum Gasteiger partial charge on any atom is 0.407 e. The SMILES string of the molecule is CC(C)(C)OC(=O)NCCCCN(CCNC(=O)OCc1ccccc1)C[C@H]1OC(n2cnc3c(N)ncnc32)[C@@H]2OC(C)(C)O[C@H]12. The summed E-state index contributed by atoms with van der Waals surface area (Å²) in [6.07, 6.45) is 1.90. The fraction of sp³-hybridized carbons (Fsp3) is 0.594. The maximum atomic E-state index is 12.4. The maximum absolute atomic E-state index is 12.4. The van der Waals surface area contributed by atoms with Crippen LogP contribution in [0.2, 0.25) is 0 Å². The number of nitrogens with two attached hydrogens (primary N) is 1. The molecule has 4 heterocycles. The van der Waals surface area contributed by atoms with E-state index in [0.29, 0.717) is 43.9 Å². The van der Waals surface area contributed by atoms with Gasteiger partial charge in [0, 0.05) is 26.2 Å². The van der Waals surface area contributed by atoms with Crippen LogP contribution >= 0.6 is 0 Å². The highest BCUT2D eigenvalue weighted by molar-refractivity contribution is 5.81. The number of carbonyl (C=O) groups excluding carboxylic acids is 2.